The van der Waals surface area contributed by atoms with Crippen LogP contribution in [0.4, 0.5) is 5.69 Å². The van der Waals surface area contributed by atoms with Gasteiger partial charge in [0.15, 0.2) is 5.79 Å². The molecule has 0 aliphatic carbocycles. The van der Waals surface area contributed by atoms with Gasteiger partial charge in [0.05, 0.1) is 52.5 Å². The van der Waals surface area contributed by atoms with Crippen LogP contribution in [0.1, 0.15) is 59.5 Å². The Labute approximate surface area is 248 Å². The summed E-state index contributed by atoms with van der Waals surface area (Å²) in [6.07, 6.45) is 12.1. The summed E-state index contributed by atoms with van der Waals surface area (Å²) in [5, 5.41) is 14.8. The van der Waals surface area contributed by atoms with Crippen LogP contribution >= 0.6 is 11.3 Å². The maximum Gasteiger partial charge on any atom is 0.260 e. The summed E-state index contributed by atoms with van der Waals surface area (Å²) < 4.78 is 15.1. The fourth-order valence-corrected chi connectivity index (χ4v) is 6.31. The van der Waals surface area contributed by atoms with E-state index in [1.165, 1.54) is 30.4 Å². The summed E-state index contributed by atoms with van der Waals surface area (Å²) in [7, 11) is 0. The number of fused-ring (bicyclic) bond motifs is 1. The molecular weight excluding hydrogens is 556 g/mol. The molecule has 2 saturated heterocycles. The molecule has 222 valence electrons. The monoisotopic (exact) mass is 592 g/mol. The van der Waals surface area contributed by atoms with Gasteiger partial charge in [-0.25, -0.2) is 4.52 Å². The van der Waals surface area contributed by atoms with Crippen LogP contribution in [0.15, 0.2) is 37.1 Å². The normalized spacial score (nSPS) is 18.6. The molecule has 2 aliphatic rings. The Kier molecular flexibility index (Phi) is 8.08. The highest BCUT2D eigenvalue weighted by molar-refractivity contribution is 7.21. The van der Waals surface area contributed by atoms with E-state index in [0.29, 0.717) is 42.2 Å². The fourth-order valence-electron chi connectivity index (χ4n) is 5.28. The molecule has 6 rings (SSSR count). The molecule has 1 atom stereocenters. The van der Waals surface area contributed by atoms with E-state index in [9.17, 15) is 9.59 Å². The van der Waals surface area contributed by atoms with Crippen LogP contribution in [-0.2, 0) is 16.0 Å². The van der Waals surface area contributed by atoms with E-state index in [4.69, 9.17) is 9.47 Å². The third kappa shape index (κ3) is 6.38. The molecule has 6 heterocycles. The smallest absolute Gasteiger partial charge is 0.260 e. The molecule has 0 bridgehead atoms. The van der Waals surface area contributed by atoms with Gasteiger partial charge in [0.1, 0.15) is 4.83 Å². The van der Waals surface area contributed by atoms with Crippen molar-refractivity contribution in [1.29, 1.82) is 0 Å². The number of hydrogen-bond acceptors (Lipinski definition) is 9. The number of pyridine rings is 1. The van der Waals surface area contributed by atoms with Gasteiger partial charge in [0.25, 0.3) is 11.8 Å². The Bertz CT molecular complexity index is 1590. The Morgan fingerprint density at radius 1 is 1.10 bits per heavy atom. The van der Waals surface area contributed by atoms with Crippen molar-refractivity contribution in [2.75, 3.05) is 38.1 Å². The summed E-state index contributed by atoms with van der Waals surface area (Å²) >= 11 is 1.47. The van der Waals surface area contributed by atoms with Gasteiger partial charge in [-0.15, -0.1) is 11.3 Å². The number of likely N-dealkylation sites (tertiary alicyclic amines) is 1. The SMILES string of the molecule is Cc1ncc(C(=O)NCCN2CCCC2)cc1NC(=O)c1cnn2cc(-c3cnn(CCC4COC(C)(C)O4)c3)sc12. The number of anilines is 1. The number of amides is 2. The first-order valence-corrected chi connectivity index (χ1v) is 15.2. The van der Waals surface area contributed by atoms with Gasteiger partial charge in [-0.2, -0.15) is 10.2 Å². The lowest BCUT2D eigenvalue weighted by Crippen LogP contribution is -2.33. The van der Waals surface area contributed by atoms with Gasteiger partial charge in [0.2, 0.25) is 0 Å². The lowest BCUT2D eigenvalue weighted by molar-refractivity contribution is -0.139. The molecule has 4 aromatic heterocycles. The van der Waals surface area contributed by atoms with E-state index in [-0.39, 0.29) is 17.9 Å². The predicted molar refractivity (Wildman–Crippen MR) is 159 cm³/mol. The quantitative estimate of drug-likeness (QED) is 0.286. The first-order chi connectivity index (χ1) is 20.2. The van der Waals surface area contributed by atoms with Crippen LogP contribution in [0.3, 0.4) is 0 Å². The maximum absolute atomic E-state index is 13.3. The van der Waals surface area contributed by atoms with E-state index in [1.807, 2.05) is 37.1 Å². The zero-order valence-electron chi connectivity index (χ0n) is 24.1. The maximum atomic E-state index is 13.3. The molecular formula is C29H36N8O4S. The van der Waals surface area contributed by atoms with Gasteiger partial charge in [0, 0.05) is 43.8 Å². The first-order valence-electron chi connectivity index (χ1n) is 14.3. The standard InChI is InChI=1S/C29H36N8O4S/c1-19-24(12-20(13-31-19)26(38)30-7-11-35-8-4-5-9-35)34-27(39)23-15-33-37-17-25(42-28(23)37)21-14-32-36(16-21)10-6-22-18-40-29(2,3)41-22/h12-17,22H,4-11,18H2,1-3H3,(H,30,38)(H,34,39). The minimum atomic E-state index is -0.533. The number of carbonyl (C=O) groups is 2. The van der Waals surface area contributed by atoms with Crippen molar-refractivity contribution in [3.05, 3.63) is 53.9 Å². The molecule has 2 aliphatic heterocycles. The molecule has 12 nitrogen and oxygen atoms in total. The average Bonchev–Trinajstić information content (AvgIpc) is 3.77. The van der Waals surface area contributed by atoms with Gasteiger partial charge in [-0.05, 0) is 59.2 Å². The highest BCUT2D eigenvalue weighted by Crippen LogP contribution is 2.31. The number of thiazole rings is 1. The summed E-state index contributed by atoms with van der Waals surface area (Å²) in [6, 6.07) is 1.67. The van der Waals surface area contributed by atoms with Gasteiger partial charge < -0.3 is 25.0 Å². The first kappa shape index (κ1) is 28.5. The molecule has 42 heavy (non-hydrogen) atoms. The van der Waals surface area contributed by atoms with E-state index in [0.717, 1.165) is 41.3 Å². The van der Waals surface area contributed by atoms with Crippen LogP contribution in [-0.4, -0.2) is 85.8 Å². The number of aromatic nitrogens is 5. The zero-order valence-corrected chi connectivity index (χ0v) is 24.9. The lowest BCUT2D eigenvalue weighted by Gasteiger charge is -2.16. The topological polar surface area (TPSA) is 128 Å². The molecule has 4 aromatic rings. The molecule has 0 aromatic carbocycles. The second-order valence-corrected chi connectivity index (χ2v) is 12.3. The number of nitrogens with zero attached hydrogens (tertiary/aromatic N) is 6. The molecule has 1 unspecified atom stereocenters. The van der Waals surface area contributed by atoms with Crippen LogP contribution < -0.4 is 10.6 Å². The predicted octanol–water partition coefficient (Wildman–Crippen LogP) is 3.58. The van der Waals surface area contributed by atoms with Gasteiger partial charge >= 0.3 is 0 Å². The molecule has 0 spiro atoms. The molecule has 0 saturated carbocycles. The molecule has 0 radical (unpaired) electrons. The van der Waals surface area contributed by atoms with Crippen molar-refractivity contribution >= 4 is 33.7 Å². The van der Waals surface area contributed by atoms with E-state index >= 15 is 0 Å². The number of carbonyl (C=O) groups excluding carboxylic acids is 2. The van der Waals surface area contributed by atoms with Crippen molar-refractivity contribution in [3.63, 3.8) is 0 Å². The minimum Gasteiger partial charge on any atom is -0.351 e. The minimum absolute atomic E-state index is 0.0486. The molecule has 2 amide bonds. The average molecular weight is 593 g/mol. The zero-order chi connectivity index (χ0) is 29.3. The largest absolute Gasteiger partial charge is 0.351 e. The van der Waals surface area contributed by atoms with E-state index in [2.05, 4.69) is 30.7 Å². The van der Waals surface area contributed by atoms with Crippen LogP contribution in [0.25, 0.3) is 15.3 Å². The van der Waals surface area contributed by atoms with Crippen LogP contribution in [0, 0.1) is 6.92 Å². The van der Waals surface area contributed by atoms with Crippen molar-refractivity contribution in [1.82, 2.24) is 34.6 Å². The second-order valence-electron chi connectivity index (χ2n) is 11.3. The van der Waals surface area contributed by atoms with Crippen molar-refractivity contribution in [2.45, 2.75) is 58.5 Å². The number of hydrogen-bond donors (Lipinski definition) is 2. The Morgan fingerprint density at radius 2 is 1.93 bits per heavy atom. The fraction of sp³-hybridized carbons (Fsp3) is 0.483. The molecule has 2 fully saturated rings. The highest BCUT2D eigenvalue weighted by atomic mass is 32.1. The Balaban J connectivity index is 1.09. The van der Waals surface area contributed by atoms with Gasteiger partial charge in [-0.1, -0.05) is 0 Å². The Morgan fingerprint density at radius 3 is 2.71 bits per heavy atom. The molecule has 13 heteroatoms. The second kappa shape index (κ2) is 11.9. The number of aryl methyl sites for hydroxylation is 2. The van der Waals surface area contributed by atoms with Crippen molar-refractivity contribution < 1.29 is 19.1 Å². The van der Waals surface area contributed by atoms with Crippen LogP contribution in [0.5, 0.6) is 0 Å². The summed E-state index contributed by atoms with van der Waals surface area (Å²) in [5.74, 6) is -1.05. The summed E-state index contributed by atoms with van der Waals surface area (Å²) in [5.41, 5.74) is 2.91. The number of nitrogens with one attached hydrogen (secondary N) is 2. The van der Waals surface area contributed by atoms with Crippen molar-refractivity contribution in [3.8, 4) is 10.4 Å². The summed E-state index contributed by atoms with van der Waals surface area (Å²) in [4.78, 5) is 34.4. The van der Waals surface area contributed by atoms with E-state index < -0.39 is 5.79 Å². The summed E-state index contributed by atoms with van der Waals surface area (Å²) in [6.45, 7) is 10.5. The molecule has 2 N–H and O–H groups in total. The number of ether oxygens (including phenoxy) is 2. The van der Waals surface area contributed by atoms with Gasteiger partial charge in [-0.3, -0.25) is 19.3 Å². The third-order valence-corrected chi connectivity index (χ3v) is 8.78. The lowest BCUT2D eigenvalue weighted by atomic mass is 10.2. The van der Waals surface area contributed by atoms with Crippen LogP contribution in [0.2, 0.25) is 0 Å². The van der Waals surface area contributed by atoms with E-state index in [1.54, 1.807) is 23.7 Å². The van der Waals surface area contributed by atoms with Crippen molar-refractivity contribution in [2.24, 2.45) is 0 Å². The Hall–Kier alpha value is -3.65. The number of rotatable bonds is 10. The highest BCUT2D eigenvalue weighted by Gasteiger charge is 2.32. The third-order valence-electron chi connectivity index (χ3n) is 7.62.